The van der Waals surface area contributed by atoms with Crippen molar-refractivity contribution in [1.29, 1.82) is 0 Å². The molecule has 0 aliphatic heterocycles. The number of para-hydroxylation sites is 1. The van der Waals surface area contributed by atoms with E-state index in [0.29, 0.717) is 0 Å². The third-order valence-electron chi connectivity index (χ3n) is 10.5. The first-order valence-corrected chi connectivity index (χ1v) is 18.4. The van der Waals surface area contributed by atoms with Gasteiger partial charge in [0.05, 0.1) is 5.69 Å². The van der Waals surface area contributed by atoms with Crippen LogP contribution in [0.1, 0.15) is 0 Å². The van der Waals surface area contributed by atoms with Gasteiger partial charge in [0.25, 0.3) is 0 Å². The predicted molar refractivity (Wildman–Crippen MR) is 228 cm³/mol. The van der Waals surface area contributed by atoms with Crippen LogP contribution in [0.2, 0.25) is 0 Å². The Balaban J connectivity index is 1.22. The Morgan fingerprint density at radius 1 is 0.333 bits per heavy atom. The molecule has 54 heavy (non-hydrogen) atoms. The van der Waals surface area contributed by atoms with Crippen molar-refractivity contribution in [2.45, 2.75) is 0 Å². The van der Waals surface area contributed by atoms with Gasteiger partial charge in [-0.15, -0.1) is 0 Å². The maximum atomic E-state index is 6.88. The van der Waals surface area contributed by atoms with Crippen LogP contribution >= 0.6 is 0 Å². The highest BCUT2D eigenvalue weighted by atomic mass is 16.3. The highest BCUT2D eigenvalue weighted by Crippen LogP contribution is 2.47. The number of furan rings is 1. The maximum absolute atomic E-state index is 6.88. The van der Waals surface area contributed by atoms with Crippen molar-refractivity contribution in [3.8, 4) is 44.5 Å². The molecule has 9 aromatic carbocycles. The summed E-state index contributed by atoms with van der Waals surface area (Å²) in [5.74, 6) is 0. The molecule has 0 saturated carbocycles. The van der Waals surface area contributed by atoms with Crippen molar-refractivity contribution in [3.63, 3.8) is 0 Å². The summed E-state index contributed by atoms with van der Waals surface area (Å²) in [4.78, 5) is 2.35. The maximum Gasteiger partial charge on any atom is 0.160 e. The Morgan fingerprint density at radius 3 is 1.59 bits per heavy atom. The SMILES string of the molecule is c1ccc(-c2ccc(N(c3ccc(-c4cccc5ccccc45)cc3)c3ccc(-c4ccccc4)c4c3oc3ccccc34)cc2-c2ccccc2)cc1. The van der Waals surface area contributed by atoms with E-state index in [4.69, 9.17) is 4.42 Å². The smallest absolute Gasteiger partial charge is 0.160 e. The third-order valence-corrected chi connectivity index (χ3v) is 10.5. The van der Waals surface area contributed by atoms with Crippen LogP contribution in [-0.4, -0.2) is 0 Å². The first kappa shape index (κ1) is 31.6. The molecule has 1 aromatic heterocycles. The second-order valence-electron chi connectivity index (χ2n) is 13.7. The summed E-state index contributed by atoms with van der Waals surface area (Å²) < 4.78 is 6.88. The number of rotatable bonds is 7. The van der Waals surface area contributed by atoms with Crippen molar-refractivity contribution in [2.24, 2.45) is 0 Å². The molecular formula is C52H35NO. The molecule has 0 aliphatic carbocycles. The second kappa shape index (κ2) is 13.4. The summed E-state index contributed by atoms with van der Waals surface area (Å²) in [5.41, 5.74) is 14.2. The Hall–Kier alpha value is -7.16. The standard InChI is InChI=1S/C52H35NO/c1-4-15-36(16-5-1)45-32-31-42(35-48(45)39-19-8-3-9-20-39)53(41-29-27-40(28-30-41)44-25-14-22-37-21-10-11-23-43(37)44)49-34-33-46(38-17-6-2-7-18-38)51-47-24-12-13-26-50(47)54-52(49)51/h1-35H. The largest absolute Gasteiger partial charge is 0.454 e. The molecule has 0 bridgehead atoms. The average molecular weight is 690 g/mol. The van der Waals surface area contributed by atoms with Gasteiger partial charge < -0.3 is 9.32 Å². The van der Waals surface area contributed by atoms with E-state index >= 15 is 0 Å². The molecule has 1 heterocycles. The van der Waals surface area contributed by atoms with Crippen molar-refractivity contribution in [1.82, 2.24) is 0 Å². The lowest BCUT2D eigenvalue weighted by molar-refractivity contribution is 0.669. The van der Waals surface area contributed by atoms with Crippen molar-refractivity contribution < 1.29 is 4.42 Å². The Bertz CT molecular complexity index is 2910. The molecule has 2 nitrogen and oxygen atoms in total. The van der Waals surface area contributed by atoms with E-state index in [-0.39, 0.29) is 0 Å². The topological polar surface area (TPSA) is 16.4 Å². The third kappa shape index (κ3) is 5.53. The van der Waals surface area contributed by atoms with E-state index in [9.17, 15) is 0 Å². The predicted octanol–water partition coefficient (Wildman–Crippen LogP) is 14.9. The molecule has 0 radical (unpaired) electrons. The van der Waals surface area contributed by atoms with Crippen LogP contribution in [0.25, 0.3) is 77.2 Å². The van der Waals surface area contributed by atoms with Crippen LogP contribution in [0.5, 0.6) is 0 Å². The summed E-state index contributed by atoms with van der Waals surface area (Å²) in [6, 6.07) is 75.7. The number of benzene rings is 9. The Kier molecular flexibility index (Phi) is 7.85. The molecule has 0 spiro atoms. The van der Waals surface area contributed by atoms with Crippen molar-refractivity contribution >= 4 is 49.8 Å². The Labute approximate surface area is 314 Å². The molecule has 2 heteroatoms. The van der Waals surface area contributed by atoms with Gasteiger partial charge in [0.1, 0.15) is 5.58 Å². The fourth-order valence-corrected chi connectivity index (χ4v) is 7.94. The minimum atomic E-state index is 0.851. The molecule has 10 aromatic rings. The molecule has 10 rings (SSSR count). The Morgan fingerprint density at radius 2 is 0.870 bits per heavy atom. The minimum Gasteiger partial charge on any atom is -0.454 e. The van der Waals surface area contributed by atoms with E-state index in [1.807, 2.05) is 6.07 Å². The first-order valence-electron chi connectivity index (χ1n) is 18.4. The second-order valence-corrected chi connectivity index (χ2v) is 13.7. The molecule has 0 aliphatic rings. The van der Waals surface area contributed by atoms with Gasteiger partial charge in [-0.2, -0.15) is 0 Å². The summed E-state index contributed by atoms with van der Waals surface area (Å²) in [6.07, 6.45) is 0. The number of nitrogens with zero attached hydrogens (tertiary/aromatic N) is 1. The highest BCUT2D eigenvalue weighted by molar-refractivity contribution is 6.17. The molecule has 0 fully saturated rings. The monoisotopic (exact) mass is 689 g/mol. The van der Waals surface area contributed by atoms with Gasteiger partial charge in [-0.25, -0.2) is 0 Å². The summed E-state index contributed by atoms with van der Waals surface area (Å²) >= 11 is 0. The van der Waals surface area contributed by atoms with E-state index in [1.165, 1.54) is 38.6 Å². The number of hydrogen-bond donors (Lipinski definition) is 0. The van der Waals surface area contributed by atoms with E-state index in [2.05, 4.69) is 211 Å². The van der Waals surface area contributed by atoms with Crippen LogP contribution in [0.15, 0.2) is 217 Å². The van der Waals surface area contributed by atoms with Gasteiger partial charge in [0, 0.05) is 22.1 Å². The van der Waals surface area contributed by atoms with Crippen LogP contribution in [0.4, 0.5) is 17.1 Å². The normalized spacial score (nSPS) is 11.3. The number of fused-ring (bicyclic) bond motifs is 4. The minimum absolute atomic E-state index is 0.851. The van der Waals surface area contributed by atoms with Crippen molar-refractivity contribution in [2.75, 3.05) is 4.90 Å². The number of anilines is 3. The average Bonchev–Trinajstić information content (AvgIpc) is 3.65. The summed E-state index contributed by atoms with van der Waals surface area (Å²) in [6.45, 7) is 0. The molecule has 254 valence electrons. The lowest BCUT2D eigenvalue weighted by Crippen LogP contribution is -2.11. The van der Waals surface area contributed by atoms with Crippen LogP contribution < -0.4 is 4.90 Å². The molecular weight excluding hydrogens is 655 g/mol. The van der Waals surface area contributed by atoms with E-state index in [1.54, 1.807) is 0 Å². The summed E-state index contributed by atoms with van der Waals surface area (Å²) in [5, 5.41) is 4.69. The van der Waals surface area contributed by atoms with Gasteiger partial charge in [-0.3, -0.25) is 0 Å². The zero-order chi connectivity index (χ0) is 35.8. The van der Waals surface area contributed by atoms with Crippen LogP contribution in [0, 0.1) is 0 Å². The van der Waals surface area contributed by atoms with Gasteiger partial charge in [0.15, 0.2) is 5.58 Å². The quantitative estimate of drug-likeness (QED) is 0.166. The van der Waals surface area contributed by atoms with Gasteiger partial charge in [0.2, 0.25) is 0 Å². The first-order chi connectivity index (χ1) is 26.8. The van der Waals surface area contributed by atoms with Crippen LogP contribution in [-0.2, 0) is 0 Å². The number of hydrogen-bond acceptors (Lipinski definition) is 2. The summed E-state index contributed by atoms with van der Waals surface area (Å²) in [7, 11) is 0. The highest BCUT2D eigenvalue weighted by Gasteiger charge is 2.23. The lowest BCUT2D eigenvalue weighted by atomic mass is 9.93. The lowest BCUT2D eigenvalue weighted by Gasteiger charge is -2.27. The molecule has 0 saturated heterocycles. The van der Waals surface area contributed by atoms with Gasteiger partial charge >= 0.3 is 0 Å². The molecule has 0 unspecified atom stereocenters. The zero-order valence-electron chi connectivity index (χ0n) is 29.6. The van der Waals surface area contributed by atoms with E-state index < -0.39 is 0 Å². The van der Waals surface area contributed by atoms with Crippen LogP contribution in [0.3, 0.4) is 0 Å². The molecule has 0 amide bonds. The molecule has 0 N–H and O–H groups in total. The fraction of sp³-hybridized carbons (Fsp3) is 0. The zero-order valence-corrected chi connectivity index (χ0v) is 29.6. The molecule has 0 atom stereocenters. The van der Waals surface area contributed by atoms with Crippen molar-refractivity contribution in [3.05, 3.63) is 212 Å². The van der Waals surface area contributed by atoms with Gasteiger partial charge in [-0.1, -0.05) is 176 Å². The van der Waals surface area contributed by atoms with Gasteiger partial charge in [-0.05, 0) is 91.7 Å². The fourth-order valence-electron chi connectivity index (χ4n) is 7.94. The van der Waals surface area contributed by atoms with E-state index in [0.717, 1.165) is 55.7 Å².